The van der Waals surface area contributed by atoms with Gasteiger partial charge in [-0.2, -0.15) is 0 Å². The zero-order valence-electron chi connectivity index (χ0n) is 8.14. The van der Waals surface area contributed by atoms with Crippen molar-refractivity contribution < 1.29 is 0 Å². The number of likely N-dealkylation sites (tertiary alicyclic amines) is 1. The molecular formula is C8H14N4S2. The number of nitrogens with zero attached hydrogens (tertiary/aromatic N) is 3. The summed E-state index contributed by atoms with van der Waals surface area (Å²) in [5, 5.41) is 9.10. The Balaban J connectivity index is 1.86. The van der Waals surface area contributed by atoms with Crippen LogP contribution in [-0.4, -0.2) is 40.5 Å². The fourth-order valence-electron chi connectivity index (χ4n) is 1.51. The second kappa shape index (κ2) is 4.46. The zero-order chi connectivity index (χ0) is 9.97. The van der Waals surface area contributed by atoms with E-state index in [0.29, 0.717) is 10.4 Å². The molecule has 4 nitrogen and oxygen atoms in total. The van der Waals surface area contributed by atoms with Gasteiger partial charge in [0.05, 0.1) is 0 Å². The van der Waals surface area contributed by atoms with Crippen molar-refractivity contribution in [1.82, 2.24) is 15.1 Å². The average Bonchev–Trinajstić information content (AvgIpc) is 2.56. The first-order valence-corrected chi connectivity index (χ1v) is 6.38. The number of hydrogen-bond donors (Lipinski definition) is 1. The number of rotatable bonds is 2. The van der Waals surface area contributed by atoms with Crippen LogP contribution in [0, 0.1) is 0 Å². The smallest absolute Gasteiger partial charge is 0.203 e. The normalized spacial score (nSPS) is 20.1. The lowest BCUT2D eigenvalue weighted by atomic mass is 10.1. The van der Waals surface area contributed by atoms with Crippen LogP contribution in [0.3, 0.4) is 0 Å². The van der Waals surface area contributed by atoms with Crippen LogP contribution in [0.15, 0.2) is 4.34 Å². The first-order valence-electron chi connectivity index (χ1n) is 4.68. The molecular weight excluding hydrogens is 216 g/mol. The highest BCUT2D eigenvalue weighted by Gasteiger charge is 2.19. The molecule has 0 radical (unpaired) electrons. The number of anilines is 1. The first-order chi connectivity index (χ1) is 6.74. The van der Waals surface area contributed by atoms with E-state index in [4.69, 9.17) is 5.73 Å². The summed E-state index contributed by atoms with van der Waals surface area (Å²) in [7, 11) is 2.17. The van der Waals surface area contributed by atoms with Crippen LogP contribution in [0.4, 0.5) is 5.13 Å². The maximum atomic E-state index is 5.53. The second-order valence-electron chi connectivity index (χ2n) is 3.53. The summed E-state index contributed by atoms with van der Waals surface area (Å²) in [6.07, 6.45) is 2.47. The monoisotopic (exact) mass is 230 g/mol. The van der Waals surface area contributed by atoms with Crippen molar-refractivity contribution in [2.24, 2.45) is 0 Å². The molecule has 2 N–H and O–H groups in total. The molecule has 2 rings (SSSR count). The van der Waals surface area contributed by atoms with Crippen molar-refractivity contribution in [2.75, 3.05) is 25.9 Å². The van der Waals surface area contributed by atoms with Gasteiger partial charge in [-0.05, 0) is 33.0 Å². The van der Waals surface area contributed by atoms with Gasteiger partial charge in [-0.1, -0.05) is 23.1 Å². The Morgan fingerprint density at radius 3 is 2.71 bits per heavy atom. The Kier molecular flexibility index (Phi) is 3.25. The van der Waals surface area contributed by atoms with Crippen LogP contribution in [0.2, 0.25) is 0 Å². The molecule has 0 spiro atoms. The zero-order valence-corrected chi connectivity index (χ0v) is 9.77. The average molecular weight is 230 g/mol. The standard InChI is InChI=1S/C8H14N4S2/c1-12-4-2-6(3-5-12)13-8-11-10-7(9)14-8/h6H,2-5H2,1H3,(H2,9,10). The van der Waals surface area contributed by atoms with Gasteiger partial charge in [-0.25, -0.2) is 0 Å². The van der Waals surface area contributed by atoms with Gasteiger partial charge in [0.2, 0.25) is 5.13 Å². The van der Waals surface area contributed by atoms with E-state index in [1.54, 1.807) is 0 Å². The molecule has 1 aliphatic rings. The van der Waals surface area contributed by atoms with Crippen molar-refractivity contribution >= 4 is 28.2 Å². The van der Waals surface area contributed by atoms with E-state index in [2.05, 4.69) is 22.1 Å². The summed E-state index contributed by atoms with van der Waals surface area (Å²) in [6, 6.07) is 0. The molecule has 0 bridgehead atoms. The molecule has 1 aromatic rings. The molecule has 1 saturated heterocycles. The van der Waals surface area contributed by atoms with E-state index in [9.17, 15) is 0 Å². The fraction of sp³-hybridized carbons (Fsp3) is 0.750. The van der Waals surface area contributed by atoms with Crippen molar-refractivity contribution in [3.05, 3.63) is 0 Å². The summed E-state index contributed by atoms with van der Waals surface area (Å²) in [6.45, 7) is 2.37. The SMILES string of the molecule is CN1CCC(Sc2nnc(N)s2)CC1. The number of piperidine rings is 1. The van der Waals surface area contributed by atoms with Gasteiger partial charge in [0, 0.05) is 5.25 Å². The Labute approximate surface area is 91.9 Å². The number of nitrogens with two attached hydrogens (primary N) is 1. The molecule has 6 heteroatoms. The van der Waals surface area contributed by atoms with E-state index >= 15 is 0 Å². The molecule has 0 atom stereocenters. The van der Waals surface area contributed by atoms with E-state index < -0.39 is 0 Å². The third kappa shape index (κ3) is 2.59. The lowest BCUT2D eigenvalue weighted by molar-refractivity contribution is 0.282. The summed E-state index contributed by atoms with van der Waals surface area (Å²) < 4.78 is 1.01. The molecule has 14 heavy (non-hydrogen) atoms. The predicted octanol–water partition coefficient (Wildman–Crippen LogP) is 1.31. The van der Waals surface area contributed by atoms with Crippen LogP contribution in [0.25, 0.3) is 0 Å². The number of nitrogen functional groups attached to an aromatic ring is 1. The van der Waals surface area contributed by atoms with Crippen LogP contribution in [0.5, 0.6) is 0 Å². The highest BCUT2D eigenvalue weighted by Crippen LogP contribution is 2.32. The van der Waals surface area contributed by atoms with Crippen LogP contribution < -0.4 is 5.73 Å². The summed E-state index contributed by atoms with van der Waals surface area (Å²) >= 11 is 3.31. The van der Waals surface area contributed by atoms with Gasteiger partial charge in [0.1, 0.15) is 0 Å². The molecule has 1 fully saturated rings. The minimum atomic E-state index is 0.570. The van der Waals surface area contributed by atoms with Gasteiger partial charge in [0.15, 0.2) is 4.34 Å². The number of aromatic nitrogens is 2. The summed E-state index contributed by atoms with van der Waals surface area (Å²) in [5.74, 6) is 0. The minimum absolute atomic E-state index is 0.570. The topological polar surface area (TPSA) is 55.0 Å². The maximum Gasteiger partial charge on any atom is 0.203 e. The molecule has 1 aromatic heterocycles. The molecule has 0 aliphatic carbocycles. The highest BCUT2D eigenvalue weighted by molar-refractivity contribution is 8.01. The molecule has 0 saturated carbocycles. The van der Waals surface area contributed by atoms with Crippen LogP contribution in [-0.2, 0) is 0 Å². The highest BCUT2D eigenvalue weighted by atomic mass is 32.2. The summed E-state index contributed by atoms with van der Waals surface area (Å²) in [5.41, 5.74) is 5.53. The Morgan fingerprint density at radius 1 is 1.43 bits per heavy atom. The molecule has 78 valence electrons. The third-order valence-corrected chi connectivity index (χ3v) is 4.53. The Morgan fingerprint density at radius 2 is 2.14 bits per heavy atom. The summed E-state index contributed by atoms with van der Waals surface area (Å²) in [4.78, 5) is 2.37. The van der Waals surface area contributed by atoms with E-state index in [1.165, 1.54) is 37.3 Å². The molecule has 2 heterocycles. The molecule has 0 unspecified atom stereocenters. The number of thioether (sulfide) groups is 1. The van der Waals surface area contributed by atoms with Gasteiger partial charge >= 0.3 is 0 Å². The second-order valence-corrected chi connectivity index (χ2v) is 6.08. The van der Waals surface area contributed by atoms with Crippen molar-refractivity contribution in [1.29, 1.82) is 0 Å². The van der Waals surface area contributed by atoms with Crippen molar-refractivity contribution in [2.45, 2.75) is 22.4 Å². The third-order valence-electron chi connectivity index (χ3n) is 2.36. The molecule has 0 amide bonds. The fourth-order valence-corrected chi connectivity index (χ4v) is 3.53. The van der Waals surface area contributed by atoms with Crippen LogP contribution in [0.1, 0.15) is 12.8 Å². The largest absolute Gasteiger partial charge is 0.374 e. The van der Waals surface area contributed by atoms with E-state index in [-0.39, 0.29) is 0 Å². The number of hydrogen-bond acceptors (Lipinski definition) is 6. The van der Waals surface area contributed by atoms with E-state index in [0.717, 1.165) is 4.34 Å². The minimum Gasteiger partial charge on any atom is -0.374 e. The predicted molar refractivity (Wildman–Crippen MR) is 60.7 cm³/mol. The lowest BCUT2D eigenvalue weighted by Gasteiger charge is -2.27. The van der Waals surface area contributed by atoms with Crippen molar-refractivity contribution in [3.8, 4) is 0 Å². The first kappa shape index (κ1) is 10.2. The Bertz CT molecular complexity index is 293. The van der Waals surface area contributed by atoms with Gasteiger partial charge < -0.3 is 10.6 Å². The van der Waals surface area contributed by atoms with Gasteiger partial charge in [0.25, 0.3) is 0 Å². The Hall–Kier alpha value is -0.330. The van der Waals surface area contributed by atoms with Crippen LogP contribution >= 0.6 is 23.1 Å². The molecule has 1 aliphatic heterocycles. The van der Waals surface area contributed by atoms with Gasteiger partial charge in [-0.3, -0.25) is 0 Å². The molecule has 0 aromatic carbocycles. The lowest BCUT2D eigenvalue weighted by Crippen LogP contribution is -2.31. The van der Waals surface area contributed by atoms with E-state index in [1.807, 2.05) is 11.8 Å². The van der Waals surface area contributed by atoms with Crippen molar-refractivity contribution in [3.63, 3.8) is 0 Å². The van der Waals surface area contributed by atoms with Gasteiger partial charge in [-0.15, -0.1) is 10.2 Å². The quantitative estimate of drug-likeness (QED) is 0.830. The maximum absolute atomic E-state index is 5.53.